The van der Waals surface area contributed by atoms with Gasteiger partial charge in [-0.05, 0) is 43.5 Å². The Balaban J connectivity index is 0.00000110. The van der Waals surface area contributed by atoms with E-state index in [1.54, 1.807) is 12.1 Å². The fourth-order valence-corrected chi connectivity index (χ4v) is 3.34. The molecule has 4 heteroatoms. The second-order valence-corrected chi connectivity index (χ2v) is 5.29. The molecule has 1 saturated heterocycles. The van der Waals surface area contributed by atoms with Gasteiger partial charge in [-0.3, -0.25) is 4.98 Å². The van der Waals surface area contributed by atoms with Crippen LogP contribution in [0.2, 0.25) is 0 Å². The number of aryl methyl sites for hydroxylation is 1. The molecule has 1 aromatic heterocycles. The molecular formula is C15H15ClFNO. The standard InChI is InChI=1S/C15H14FNO.ClH/c1-8-11-6-9(16)2-4-12(11)17-13-7-10-3-5-14(18-10)15(8)13;/h2,4,6,10,14H,3,5,7H2,1H3;1H. The molecule has 4 rings (SSSR count). The van der Waals surface area contributed by atoms with Crippen molar-refractivity contribution >= 4 is 23.3 Å². The summed E-state index contributed by atoms with van der Waals surface area (Å²) in [6.07, 6.45) is 3.61. The second-order valence-electron chi connectivity index (χ2n) is 5.29. The summed E-state index contributed by atoms with van der Waals surface area (Å²) in [6.45, 7) is 2.06. The van der Waals surface area contributed by atoms with Gasteiger partial charge >= 0.3 is 0 Å². The number of halogens is 2. The fraction of sp³-hybridized carbons (Fsp3) is 0.400. The van der Waals surface area contributed by atoms with Gasteiger partial charge in [-0.2, -0.15) is 0 Å². The zero-order valence-corrected chi connectivity index (χ0v) is 11.5. The van der Waals surface area contributed by atoms with Crippen LogP contribution in [0.1, 0.15) is 35.8 Å². The Morgan fingerprint density at radius 1 is 1.32 bits per heavy atom. The molecule has 2 unspecified atom stereocenters. The Morgan fingerprint density at radius 3 is 3.00 bits per heavy atom. The molecule has 0 saturated carbocycles. The Morgan fingerprint density at radius 2 is 2.16 bits per heavy atom. The van der Waals surface area contributed by atoms with E-state index in [2.05, 4.69) is 6.92 Å². The molecule has 2 aliphatic heterocycles. The Hall–Kier alpha value is -1.19. The third-order valence-corrected chi connectivity index (χ3v) is 4.18. The van der Waals surface area contributed by atoms with Gasteiger partial charge in [0.2, 0.25) is 0 Å². The molecule has 1 fully saturated rings. The zero-order valence-electron chi connectivity index (χ0n) is 10.6. The first-order valence-corrected chi connectivity index (χ1v) is 6.46. The van der Waals surface area contributed by atoms with Gasteiger partial charge in [-0.1, -0.05) is 0 Å². The minimum atomic E-state index is -0.201. The first-order valence-electron chi connectivity index (χ1n) is 6.46. The van der Waals surface area contributed by atoms with E-state index in [0.717, 1.165) is 41.4 Å². The highest BCUT2D eigenvalue weighted by Gasteiger charge is 2.36. The highest BCUT2D eigenvalue weighted by molar-refractivity contribution is 5.85. The van der Waals surface area contributed by atoms with Crippen LogP contribution in [0.15, 0.2) is 18.2 Å². The van der Waals surface area contributed by atoms with Crippen LogP contribution < -0.4 is 0 Å². The van der Waals surface area contributed by atoms with Crippen LogP contribution in [0.25, 0.3) is 10.9 Å². The van der Waals surface area contributed by atoms with Crippen LogP contribution in [0.5, 0.6) is 0 Å². The average Bonchev–Trinajstić information content (AvgIpc) is 2.73. The van der Waals surface area contributed by atoms with Crippen molar-refractivity contribution in [3.05, 3.63) is 40.8 Å². The third-order valence-electron chi connectivity index (χ3n) is 4.18. The molecule has 0 amide bonds. The van der Waals surface area contributed by atoms with Crippen molar-refractivity contribution in [1.29, 1.82) is 0 Å². The number of benzene rings is 1. The molecule has 2 bridgehead atoms. The monoisotopic (exact) mass is 279 g/mol. The van der Waals surface area contributed by atoms with Crippen LogP contribution in [-0.4, -0.2) is 11.1 Å². The molecule has 19 heavy (non-hydrogen) atoms. The lowest BCUT2D eigenvalue weighted by molar-refractivity contribution is 0.0308. The Bertz CT molecular complexity index is 658. The highest BCUT2D eigenvalue weighted by atomic mass is 35.5. The molecule has 1 aromatic carbocycles. The summed E-state index contributed by atoms with van der Waals surface area (Å²) in [6, 6.07) is 4.84. The van der Waals surface area contributed by atoms with Crippen molar-refractivity contribution in [3.63, 3.8) is 0 Å². The molecule has 0 aliphatic carbocycles. The lowest BCUT2D eigenvalue weighted by Crippen LogP contribution is -2.20. The van der Waals surface area contributed by atoms with Gasteiger partial charge in [0.1, 0.15) is 5.82 Å². The van der Waals surface area contributed by atoms with E-state index in [1.807, 2.05) is 0 Å². The zero-order chi connectivity index (χ0) is 12.3. The summed E-state index contributed by atoms with van der Waals surface area (Å²) in [4.78, 5) is 4.71. The van der Waals surface area contributed by atoms with Gasteiger partial charge < -0.3 is 4.74 Å². The van der Waals surface area contributed by atoms with Gasteiger partial charge in [0.25, 0.3) is 0 Å². The smallest absolute Gasteiger partial charge is 0.123 e. The summed E-state index contributed by atoms with van der Waals surface area (Å²) in [5.41, 5.74) is 4.40. The topological polar surface area (TPSA) is 22.1 Å². The molecule has 100 valence electrons. The van der Waals surface area contributed by atoms with Gasteiger partial charge in [0, 0.05) is 23.1 Å². The fourth-order valence-electron chi connectivity index (χ4n) is 3.34. The van der Waals surface area contributed by atoms with Crippen LogP contribution in [0.3, 0.4) is 0 Å². The SMILES string of the molecule is Cc1c2c(nc3ccc(F)cc13)CC1CCC2O1.Cl. The van der Waals surface area contributed by atoms with E-state index < -0.39 is 0 Å². The van der Waals surface area contributed by atoms with Crippen molar-refractivity contribution in [3.8, 4) is 0 Å². The summed E-state index contributed by atoms with van der Waals surface area (Å²) in [5.74, 6) is -0.201. The normalized spacial score (nSPS) is 24.1. The molecule has 2 nitrogen and oxygen atoms in total. The second kappa shape index (κ2) is 4.43. The number of aromatic nitrogens is 1. The number of ether oxygens (including phenoxy) is 1. The maximum atomic E-state index is 13.4. The quantitative estimate of drug-likeness (QED) is 0.730. The van der Waals surface area contributed by atoms with Crippen molar-refractivity contribution in [1.82, 2.24) is 4.98 Å². The molecule has 2 aromatic rings. The minimum Gasteiger partial charge on any atom is -0.370 e. The number of hydrogen-bond donors (Lipinski definition) is 0. The van der Waals surface area contributed by atoms with Gasteiger partial charge in [0.15, 0.2) is 0 Å². The van der Waals surface area contributed by atoms with E-state index in [4.69, 9.17) is 9.72 Å². The molecule has 0 spiro atoms. The number of fused-ring (bicyclic) bond motifs is 5. The maximum absolute atomic E-state index is 13.4. The van der Waals surface area contributed by atoms with E-state index in [9.17, 15) is 4.39 Å². The molecule has 2 atom stereocenters. The first-order chi connectivity index (χ1) is 8.72. The van der Waals surface area contributed by atoms with Crippen LogP contribution >= 0.6 is 12.4 Å². The van der Waals surface area contributed by atoms with Crippen LogP contribution in [-0.2, 0) is 11.2 Å². The van der Waals surface area contributed by atoms with E-state index in [1.165, 1.54) is 11.6 Å². The van der Waals surface area contributed by atoms with Crippen LogP contribution in [0.4, 0.5) is 4.39 Å². The number of pyridine rings is 1. The Kier molecular flexibility index (Phi) is 2.99. The van der Waals surface area contributed by atoms with Gasteiger partial charge in [-0.25, -0.2) is 4.39 Å². The molecule has 0 radical (unpaired) electrons. The largest absolute Gasteiger partial charge is 0.370 e. The Labute approximate surface area is 117 Å². The predicted octanol–water partition coefficient (Wildman–Crippen LogP) is 3.88. The van der Waals surface area contributed by atoms with Gasteiger partial charge in [0.05, 0.1) is 17.7 Å². The summed E-state index contributed by atoms with van der Waals surface area (Å²) < 4.78 is 19.3. The highest BCUT2D eigenvalue weighted by Crippen LogP contribution is 2.43. The first kappa shape index (κ1) is 12.8. The molecule has 3 heterocycles. The molecular weight excluding hydrogens is 265 g/mol. The lowest BCUT2D eigenvalue weighted by atomic mass is 9.95. The molecule has 0 N–H and O–H groups in total. The van der Waals surface area contributed by atoms with Crippen molar-refractivity contribution in [2.24, 2.45) is 0 Å². The number of rotatable bonds is 0. The predicted molar refractivity (Wildman–Crippen MR) is 74.2 cm³/mol. The maximum Gasteiger partial charge on any atom is 0.123 e. The molecule has 2 aliphatic rings. The summed E-state index contributed by atoms with van der Waals surface area (Å²) >= 11 is 0. The lowest BCUT2D eigenvalue weighted by Gasteiger charge is -2.25. The average molecular weight is 280 g/mol. The van der Waals surface area contributed by atoms with E-state index in [-0.39, 0.29) is 24.3 Å². The summed E-state index contributed by atoms with van der Waals surface area (Å²) in [5, 5.41) is 0.919. The van der Waals surface area contributed by atoms with E-state index >= 15 is 0 Å². The summed E-state index contributed by atoms with van der Waals surface area (Å²) in [7, 11) is 0. The third kappa shape index (κ3) is 1.84. The van der Waals surface area contributed by atoms with Crippen molar-refractivity contribution in [2.45, 2.75) is 38.4 Å². The minimum absolute atomic E-state index is 0. The number of nitrogens with zero attached hydrogens (tertiary/aromatic N) is 1. The van der Waals surface area contributed by atoms with Crippen molar-refractivity contribution in [2.75, 3.05) is 0 Å². The van der Waals surface area contributed by atoms with E-state index in [0.29, 0.717) is 6.10 Å². The van der Waals surface area contributed by atoms with Gasteiger partial charge in [-0.15, -0.1) is 12.4 Å². The van der Waals surface area contributed by atoms with Crippen LogP contribution in [0, 0.1) is 12.7 Å². The number of hydrogen-bond acceptors (Lipinski definition) is 2. The van der Waals surface area contributed by atoms with Crippen molar-refractivity contribution < 1.29 is 9.13 Å².